The number of rotatable bonds is 3. The first kappa shape index (κ1) is 14.2. The van der Waals surface area contributed by atoms with Gasteiger partial charge in [-0.3, -0.25) is 0 Å². The average Bonchev–Trinajstić information content (AvgIpc) is 2.52. The molecule has 0 unspecified atom stereocenters. The van der Waals surface area contributed by atoms with Gasteiger partial charge in [0.2, 0.25) is 0 Å². The highest BCUT2D eigenvalue weighted by atomic mass is 15.3. The standard InChI is InChI=1S/C17H21N3/c1-3-12-19-17(18-4-2)20-13-10-16(11-14-20)15-8-6-5-7-9-15/h1,5-10H,4,11-14H2,2H3,(H,18,19). The van der Waals surface area contributed by atoms with Crippen LogP contribution in [-0.4, -0.2) is 37.0 Å². The Balaban J connectivity index is 2.05. The zero-order chi connectivity index (χ0) is 14.2. The van der Waals surface area contributed by atoms with Gasteiger partial charge in [0.25, 0.3) is 0 Å². The number of guanidine groups is 1. The molecule has 0 bridgehead atoms. The van der Waals surface area contributed by atoms with E-state index in [0.717, 1.165) is 32.0 Å². The van der Waals surface area contributed by atoms with Gasteiger partial charge in [-0.1, -0.05) is 42.3 Å². The van der Waals surface area contributed by atoms with E-state index >= 15 is 0 Å². The van der Waals surface area contributed by atoms with E-state index in [4.69, 9.17) is 6.42 Å². The third-order valence-electron chi connectivity index (χ3n) is 3.31. The Hall–Kier alpha value is -2.21. The molecule has 0 aromatic heterocycles. The summed E-state index contributed by atoms with van der Waals surface area (Å²) in [6.07, 6.45) is 8.60. The van der Waals surface area contributed by atoms with Crippen LogP contribution in [0.4, 0.5) is 0 Å². The number of terminal acetylenes is 1. The second-order valence-electron chi connectivity index (χ2n) is 4.67. The largest absolute Gasteiger partial charge is 0.356 e. The minimum absolute atomic E-state index is 0.425. The number of hydrogen-bond donors (Lipinski definition) is 1. The van der Waals surface area contributed by atoms with Crippen molar-refractivity contribution in [2.75, 3.05) is 26.2 Å². The van der Waals surface area contributed by atoms with Crippen LogP contribution in [0.15, 0.2) is 41.4 Å². The van der Waals surface area contributed by atoms with E-state index in [1.807, 2.05) is 0 Å². The number of nitrogens with one attached hydrogen (secondary N) is 1. The van der Waals surface area contributed by atoms with E-state index in [1.54, 1.807) is 0 Å². The lowest BCUT2D eigenvalue weighted by Crippen LogP contribution is -2.43. The monoisotopic (exact) mass is 267 g/mol. The third-order valence-corrected chi connectivity index (χ3v) is 3.31. The van der Waals surface area contributed by atoms with Crippen LogP contribution in [0.25, 0.3) is 5.57 Å². The van der Waals surface area contributed by atoms with Crippen molar-refractivity contribution < 1.29 is 0 Å². The summed E-state index contributed by atoms with van der Waals surface area (Å²) in [6.45, 7) is 5.20. The fourth-order valence-electron chi connectivity index (χ4n) is 2.32. The van der Waals surface area contributed by atoms with Crippen molar-refractivity contribution in [1.82, 2.24) is 10.2 Å². The van der Waals surface area contributed by atoms with Gasteiger partial charge in [-0.15, -0.1) is 6.42 Å². The van der Waals surface area contributed by atoms with Crippen LogP contribution < -0.4 is 5.32 Å². The average molecular weight is 267 g/mol. The molecule has 0 fully saturated rings. The molecule has 0 saturated carbocycles. The predicted octanol–water partition coefficient (Wildman–Crippen LogP) is 2.37. The highest BCUT2D eigenvalue weighted by molar-refractivity contribution is 5.81. The van der Waals surface area contributed by atoms with Gasteiger partial charge >= 0.3 is 0 Å². The molecule has 1 heterocycles. The molecule has 0 atom stereocenters. The molecule has 0 radical (unpaired) electrons. The smallest absolute Gasteiger partial charge is 0.195 e. The summed E-state index contributed by atoms with van der Waals surface area (Å²) in [5, 5.41) is 3.29. The topological polar surface area (TPSA) is 27.6 Å². The van der Waals surface area contributed by atoms with E-state index in [0.29, 0.717) is 6.54 Å². The van der Waals surface area contributed by atoms with Crippen molar-refractivity contribution in [2.24, 2.45) is 4.99 Å². The molecule has 1 N–H and O–H groups in total. The van der Waals surface area contributed by atoms with Gasteiger partial charge in [-0.2, -0.15) is 0 Å². The van der Waals surface area contributed by atoms with Crippen molar-refractivity contribution in [2.45, 2.75) is 13.3 Å². The summed E-state index contributed by atoms with van der Waals surface area (Å²) in [7, 11) is 0. The normalized spacial score (nSPS) is 15.5. The summed E-state index contributed by atoms with van der Waals surface area (Å²) in [5.74, 6) is 3.47. The molecule has 1 aliphatic rings. The highest BCUT2D eigenvalue weighted by Crippen LogP contribution is 2.21. The molecule has 1 aromatic carbocycles. The quantitative estimate of drug-likeness (QED) is 0.517. The molecule has 20 heavy (non-hydrogen) atoms. The molecule has 0 saturated heterocycles. The third kappa shape index (κ3) is 3.64. The summed E-state index contributed by atoms with van der Waals surface area (Å²) in [4.78, 5) is 6.66. The minimum atomic E-state index is 0.425. The first-order chi connectivity index (χ1) is 9.85. The van der Waals surface area contributed by atoms with Gasteiger partial charge in [0.05, 0.1) is 0 Å². The highest BCUT2D eigenvalue weighted by Gasteiger charge is 2.15. The predicted molar refractivity (Wildman–Crippen MR) is 85.4 cm³/mol. The molecule has 3 heteroatoms. The van der Waals surface area contributed by atoms with Gasteiger partial charge in [0, 0.05) is 19.6 Å². The molecule has 0 aliphatic carbocycles. The Kier molecular flexibility index (Phi) is 5.25. The van der Waals surface area contributed by atoms with Crippen LogP contribution in [0, 0.1) is 12.3 Å². The molecule has 1 aromatic rings. The lowest BCUT2D eigenvalue weighted by molar-refractivity contribution is 0.441. The van der Waals surface area contributed by atoms with Crippen LogP contribution in [0.1, 0.15) is 18.9 Å². The molecule has 0 amide bonds. The van der Waals surface area contributed by atoms with Crippen LogP contribution in [0.2, 0.25) is 0 Å². The summed E-state index contributed by atoms with van der Waals surface area (Å²) < 4.78 is 0. The zero-order valence-electron chi connectivity index (χ0n) is 12.0. The molecule has 1 aliphatic heterocycles. The van der Waals surface area contributed by atoms with Crippen LogP contribution >= 0.6 is 0 Å². The fourth-order valence-corrected chi connectivity index (χ4v) is 2.32. The number of nitrogens with zero attached hydrogens (tertiary/aromatic N) is 2. The van der Waals surface area contributed by atoms with Crippen molar-refractivity contribution >= 4 is 11.5 Å². The molecule has 2 rings (SSSR count). The maximum Gasteiger partial charge on any atom is 0.195 e. The SMILES string of the molecule is C#CCN=C(NCC)N1CC=C(c2ccccc2)CC1. The minimum Gasteiger partial charge on any atom is -0.356 e. The Bertz CT molecular complexity index is 523. The van der Waals surface area contributed by atoms with Gasteiger partial charge in [-0.05, 0) is 24.5 Å². The van der Waals surface area contributed by atoms with Crippen molar-refractivity contribution in [3.05, 3.63) is 42.0 Å². The van der Waals surface area contributed by atoms with Crippen molar-refractivity contribution in [1.29, 1.82) is 0 Å². The summed E-state index contributed by atoms with van der Waals surface area (Å²) in [5.41, 5.74) is 2.73. The van der Waals surface area contributed by atoms with E-state index < -0.39 is 0 Å². The molecule has 3 nitrogen and oxygen atoms in total. The second-order valence-corrected chi connectivity index (χ2v) is 4.67. The van der Waals surface area contributed by atoms with E-state index in [1.165, 1.54) is 11.1 Å². The van der Waals surface area contributed by atoms with Gasteiger partial charge in [-0.25, -0.2) is 4.99 Å². The van der Waals surface area contributed by atoms with Crippen LogP contribution in [0.5, 0.6) is 0 Å². The first-order valence-corrected chi connectivity index (χ1v) is 7.06. The Morgan fingerprint density at radius 3 is 2.80 bits per heavy atom. The van der Waals surface area contributed by atoms with E-state index in [9.17, 15) is 0 Å². The maximum atomic E-state index is 5.29. The molecule has 104 valence electrons. The van der Waals surface area contributed by atoms with E-state index in [2.05, 4.69) is 64.5 Å². The van der Waals surface area contributed by atoms with Gasteiger partial charge in [0.1, 0.15) is 6.54 Å². The van der Waals surface area contributed by atoms with Crippen molar-refractivity contribution in [3.63, 3.8) is 0 Å². The summed E-state index contributed by atoms with van der Waals surface area (Å²) in [6, 6.07) is 10.6. The van der Waals surface area contributed by atoms with Crippen LogP contribution in [0.3, 0.4) is 0 Å². The number of benzene rings is 1. The summed E-state index contributed by atoms with van der Waals surface area (Å²) >= 11 is 0. The fraction of sp³-hybridized carbons (Fsp3) is 0.353. The van der Waals surface area contributed by atoms with Crippen molar-refractivity contribution in [3.8, 4) is 12.3 Å². The molecular formula is C17H21N3. The van der Waals surface area contributed by atoms with E-state index in [-0.39, 0.29) is 0 Å². The van der Waals surface area contributed by atoms with Gasteiger partial charge < -0.3 is 10.2 Å². The molecule has 0 spiro atoms. The second kappa shape index (κ2) is 7.40. The Morgan fingerprint density at radius 1 is 1.40 bits per heavy atom. The maximum absolute atomic E-state index is 5.29. The lowest BCUT2D eigenvalue weighted by atomic mass is 10.00. The van der Waals surface area contributed by atoms with Crippen LogP contribution in [-0.2, 0) is 0 Å². The number of hydrogen-bond acceptors (Lipinski definition) is 1. The first-order valence-electron chi connectivity index (χ1n) is 7.06. The molecular weight excluding hydrogens is 246 g/mol. The Labute approximate surface area is 121 Å². The number of aliphatic imine (C=N–C) groups is 1. The zero-order valence-corrected chi connectivity index (χ0v) is 12.0. The lowest BCUT2D eigenvalue weighted by Gasteiger charge is -2.29. The van der Waals surface area contributed by atoms with Gasteiger partial charge in [0.15, 0.2) is 5.96 Å². The Morgan fingerprint density at radius 2 is 2.20 bits per heavy atom.